The third kappa shape index (κ3) is 3.98. The zero-order chi connectivity index (χ0) is 18.5. The van der Waals surface area contributed by atoms with Gasteiger partial charge in [0.05, 0.1) is 17.9 Å². The lowest BCUT2D eigenvalue weighted by atomic mass is 9.96. The summed E-state index contributed by atoms with van der Waals surface area (Å²) in [5.41, 5.74) is 1.54. The number of nitrogens with zero attached hydrogens (tertiary/aromatic N) is 5. The van der Waals surface area contributed by atoms with Crippen LogP contribution < -0.4 is 0 Å². The fourth-order valence-electron chi connectivity index (χ4n) is 3.67. The first kappa shape index (κ1) is 18.6. The molecule has 2 aromatic rings. The van der Waals surface area contributed by atoms with Crippen molar-refractivity contribution in [1.82, 2.24) is 24.2 Å². The lowest BCUT2D eigenvalue weighted by molar-refractivity contribution is 0.0701. The van der Waals surface area contributed by atoms with Crippen LogP contribution in [0.1, 0.15) is 54.0 Å². The van der Waals surface area contributed by atoms with Crippen LogP contribution >= 0.6 is 0 Å². The first-order chi connectivity index (χ1) is 12.6. The maximum absolute atomic E-state index is 13.0. The summed E-state index contributed by atoms with van der Waals surface area (Å²) in [5.74, 6) is 1.41. The van der Waals surface area contributed by atoms with Gasteiger partial charge in [0.2, 0.25) is 0 Å². The van der Waals surface area contributed by atoms with Crippen LogP contribution in [-0.4, -0.2) is 56.9 Å². The molecule has 2 aromatic heterocycles. The monoisotopic (exact) mass is 359 g/mol. The van der Waals surface area contributed by atoms with Crippen molar-refractivity contribution in [2.75, 3.05) is 26.8 Å². The average Bonchev–Trinajstić information content (AvgIpc) is 3.26. The van der Waals surface area contributed by atoms with Gasteiger partial charge in [-0.3, -0.25) is 9.48 Å². The third-order valence-corrected chi connectivity index (χ3v) is 4.99. The van der Waals surface area contributed by atoms with Crippen molar-refractivity contribution < 1.29 is 9.53 Å². The van der Waals surface area contributed by atoms with Gasteiger partial charge < -0.3 is 14.2 Å². The van der Waals surface area contributed by atoms with Crippen molar-refractivity contribution in [3.8, 4) is 0 Å². The molecule has 1 aliphatic heterocycles. The van der Waals surface area contributed by atoms with E-state index >= 15 is 0 Å². The number of carbonyl (C=O) groups excluding carboxylic acids is 1. The molecular weight excluding hydrogens is 330 g/mol. The normalized spacial score (nSPS) is 17.7. The van der Waals surface area contributed by atoms with Crippen LogP contribution in [0.4, 0.5) is 0 Å². The van der Waals surface area contributed by atoms with Gasteiger partial charge in [-0.15, -0.1) is 0 Å². The minimum atomic E-state index is 0.0875. The Morgan fingerprint density at radius 1 is 1.38 bits per heavy atom. The molecule has 0 N–H and O–H groups in total. The van der Waals surface area contributed by atoms with Gasteiger partial charge in [0, 0.05) is 57.8 Å². The van der Waals surface area contributed by atoms with Crippen LogP contribution in [0.15, 0.2) is 18.6 Å². The molecule has 1 amide bonds. The minimum Gasteiger partial charge on any atom is -0.383 e. The van der Waals surface area contributed by atoms with E-state index in [9.17, 15) is 4.79 Å². The number of rotatable bonds is 7. The van der Waals surface area contributed by atoms with E-state index in [4.69, 9.17) is 4.74 Å². The molecule has 0 aromatic carbocycles. The predicted octanol–water partition coefficient (Wildman–Crippen LogP) is 2.46. The fraction of sp³-hybridized carbons (Fsp3) is 0.632. The maximum Gasteiger partial charge on any atom is 0.257 e. The van der Waals surface area contributed by atoms with Crippen LogP contribution in [-0.2, 0) is 17.8 Å². The molecule has 0 spiro atoms. The molecule has 3 heterocycles. The van der Waals surface area contributed by atoms with Crippen LogP contribution in [0.2, 0.25) is 0 Å². The van der Waals surface area contributed by atoms with Crippen LogP contribution in [0.5, 0.6) is 0 Å². The lowest BCUT2D eigenvalue weighted by Gasteiger charge is -2.32. The molecule has 142 valence electrons. The Kier molecular flexibility index (Phi) is 6.08. The largest absolute Gasteiger partial charge is 0.383 e. The molecule has 1 aliphatic rings. The molecule has 1 fully saturated rings. The summed E-state index contributed by atoms with van der Waals surface area (Å²) in [6.07, 6.45) is 8.78. The van der Waals surface area contributed by atoms with Crippen molar-refractivity contribution in [2.24, 2.45) is 0 Å². The van der Waals surface area contributed by atoms with Gasteiger partial charge in [0.1, 0.15) is 5.82 Å². The quantitative estimate of drug-likeness (QED) is 0.762. The number of likely N-dealkylation sites (tertiary alicyclic amines) is 1. The number of aryl methyl sites for hydroxylation is 2. The highest BCUT2D eigenvalue weighted by atomic mass is 16.5. The number of carbonyl (C=O) groups is 1. The fourth-order valence-corrected chi connectivity index (χ4v) is 3.67. The highest BCUT2D eigenvalue weighted by molar-refractivity contribution is 5.95. The van der Waals surface area contributed by atoms with Crippen molar-refractivity contribution in [3.05, 3.63) is 35.7 Å². The summed E-state index contributed by atoms with van der Waals surface area (Å²) >= 11 is 0. The molecule has 0 aliphatic carbocycles. The Hall–Kier alpha value is -2.15. The number of piperidine rings is 1. The van der Waals surface area contributed by atoms with Crippen LogP contribution in [0.25, 0.3) is 0 Å². The second-order valence-corrected chi connectivity index (χ2v) is 6.95. The van der Waals surface area contributed by atoms with Gasteiger partial charge in [-0.25, -0.2) is 4.98 Å². The first-order valence-corrected chi connectivity index (χ1v) is 9.47. The van der Waals surface area contributed by atoms with Gasteiger partial charge in [0.15, 0.2) is 0 Å². The summed E-state index contributed by atoms with van der Waals surface area (Å²) in [6, 6.07) is 0. The number of hydrogen-bond donors (Lipinski definition) is 0. The number of aromatic nitrogens is 4. The van der Waals surface area contributed by atoms with E-state index in [1.807, 2.05) is 35.1 Å². The van der Waals surface area contributed by atoms with Crippen molar-refractivity contribution in [3.63, 3.8) is 0 Å². The van der Waals surface area contributed by atoms with Crippen molar-refractivity contribution >= 4 is 5.91 Å². The zero-order valence-corrected chi connectivity index (χ0v) is 16.0. The third-order valence-electron chi connectivity index (χ3n) is 4.99. The topological polar surface area (TPSA) is 65.2 Å². The van der Waals surface area contributed by atoms with E-state index in [2.05, 4.69) is 21.6 Å². The molecule has 7 nitrogen and oxygen atoms in total. The molecule has 0 bridgehead atoms. The SMILES string of the molecule is CCCn1cc(C(=O)N2CCC[C@@H](c3nccn3CCOC)C2)c(C)n1. The van der Waals surface area contributed by atoms with Crippen molar-refractivity contribution in [2.45, 2.75) is 52.1 Å². The highest BCUT2D eigenvalue weighted by Gasteiger charge is 2.29. The highest BCUT2D eigenvalue weighted by Crippen LogP contribution is 2.27. The Balaban J connectivity index is 1.72. The van der Waals surface area contributed by atoms with E-state index in [0.717, 1.165) is 56.0 Å². The number of ether oxygens (including phenoxy) is 1. The van der Waals surface area contributed by atoms with Gasteiger partial charge in [-0.1, -0.05) is 6.92 Å². The summed E-state index contributed by atoms with van der Waals surface area (Å²) < 4.78 is 9.21. The average molecular weight is 359 g/mol. The molecule has 0 radical (unpaired) electrons. The molecule has 1 saturated heterocycles. The molecule has 0 saturated carbocycles. The summed E-state index contributed by atoms with van der Waals surface area (Å²) in [4.78, 5) is 19.6. The number of methoxy groups -OCH3 is 1. The van der Waals surface area contributed by atoms with E-state index in [1.54, 1.807) is 7.11 Å². The Bertz CT molecular complexity index is 736. The Morgan fingerprint density at radius 2 is 2.23 bits per heavy atom. The van der Waals surface area contributed by atoms with E-state index in [0.29, 0.717) is 13.2 Å². The molecule has 0 unspecified atom stereocenters. The van der Waals surface area contributed by atoms with E-state index < -0.39 is 0 Å². The van der Waals surface area contributed by atoms with Crippen LogP contribution in [0.3, 0.4) is 0 Å². The Labute approximate surface area is 155 Å². The Morgan fingerprint density at radius 3 is 3.00 bits per heavy atom. The smallest absolute Gasteiger partial charge is 0.257 e. The number of hydrogen-bond acceptors (Lipinski definition) is 4. The van der Waals surface area contributed by atoms with Crippen molar-refractivity contribution in [1.29, 1.82) is 0 Å². The minimum absolute atomic E-state index is 0.0875. The molecule has 1 atom stereocenters. The second-order valence-electron chi connectivity index (χ2n) is 6.95. The standard InChI is InChI=1S/C19H29N5O2/c1-4-8-24-14-17(15(2)21-24)19(25)23-9-5-6-16(13-23)18-20-7-10-22(18)11-12-26-3/h7,10,14,16H,4-6,8-9,11-13H2,1-3H3/t16-/m1/s1. The summed E-state index contributed by atoms with van der Waals surface area (Å²) in [6.45, 7) is 7.83. The molecule has 7 heteroatoms. The number of imidazole rings is 1. The molecular formula is C19H29N5O2. The number of amides is 1. The van der Waals surface area contributed by atoms with Crippen LogP contribution in [0, 0.1) is 6.92 Å². The van der Waals surface area contributed by atoms with Gasteiger partial charge in [-0.05, 0) is 26.2 Å². The van der Waals surface area contributed by atoms with E-state index in [1.165, 1.54) is 0 Å². The second kappa shape index (κ2) is 8.49. The molecule has 3 rings (SSSR count). The van der Waals surface area contributed by atoms with Gasteiger partial charge in [0.25, 0.3) is 5.91 Å². The molecule has 26 heavy (non-hydrogen) atoms. The first-order valence-electron chi connectivity index (χ1n) is 9.47. The lowest BCUT2D eigenvalue weighted by Crippen LogP contribution is -2.40. The zero-order valence-electron chi connectivity index (χ0n) is 16.0. The summed E-state index contributed by atoms with van der Waals surface area (Å²) in [7, 11) is 1.71. The van der Waals surface area contributed by atoms with E-state index in [-0.39, 0.29) is 11.8 Å². The van der Waals surface area contributed by atoms with Gasteiger partial charge in [-0.2, -0.15) is 5.10 Å². The predicted molar refractivity (Wildman–Crippen MR) is 99.2 cm³/mol. The maximum atomic E-state index is 13.0. The summed E-state index contributed by atoms with van der Waals surface area (Å²) in [5, 5.41) is 4.47. The van der Waals surface area contributed by atoms with Gasteiger partial charge >= 0.3 is 0 Å².